The second-order valence-corrected chi connectivity index (χ2v) is 7.30. The molecule has 2 aromatic carbocycles. The third-order valence-electron chi connectivity index (χ3n) is 5.07. The van der Waals surface area contributed by atoms with E-state index in [1.54, 1.807) is 60.5 Å². The maximum atomic E-state index is 13.2. The fourth-order valence-electron chi connectivity index (χ4n) is 3.38. The summed E-state index contributed by atoms with van der Waals surface area (Å²) in [7, 11) is 1.59. The molecule has 8 heteroatoms. The summed E-state index contributed by atoms with van der Waals surface area (Å²) in [6.45, 7) is 2.37. The van der Waals surface area contributed by atoms with Crippen LogP contribution in [0.15, 0.2) is 71.8 Å². The van der Waals surface area contributed by atoms with E-state index in [0.29, 0.717) is 41.3 Å². The Bertz CT molecular complexity index is 1290. The molecule has 2 aliphatic rings. The van der Waals surface area contributed by atoms with Crippen LogP contribution < -0.4 is 10.9 Å². The minimum absolute atomic E-state index is 0.0544. The monoisotopic (exact) mass is 430 g/mol. The predicted molar refractivity (Wildman–Crippen MR) is 121 cm³/mol. The molecule has 0 radical (unpaired) electrons. The number of carbonyl (C=O) groups is 2. The smallest absolute Gasteiger partial charge is 0.282 e. The van der Waals surface area contributed by atoms with Gasteiger partial charge in [-0.25, -0.2) is 0 Å². The maximum absolute atomic E-state index is 13.2. The first kappa shape index (κ1) is 21.2. The van der Waals surface area contributed by atoms with Crippen molar-refractivity contribution in [3.8, 4) is 16.9 Å². The van der Waals surface area contributed by atoms with E-state index in [9.17, 15) is 14.4 Å². The molecule has 1 amide bonds. The fourth-order valence-corrected chi connectivity index (χ4v) is 3.38. The number of anilines is 1. The zero-order chi connectivity index (χ0) is 22.7. The van der Waals surface area contributed by atoms with Crippen LogP contribution in [0.25, 0.3) is 16.9 Å². The third-order valence-corrected chi connectivity index (χ3v) is 5.07. The molecule has 0 aliphatic carbocycles. The van der Waals surface area contributed by atoms with Crippen LogP contribution in [0.4, 0.5) is 5.69 Å². The second-order valence-electron chi connectivity index (χ2n) is 7.30. The van der Waals surface area contributed by atoms with Gasteiger partial charge in [-0.15, -0.1) is 0 Å². The topological polar surface area (TPSA) is 95.2 Å². The minimum Gasteiger partial charge on any atom is -0.383 e. The number of hydrogen-bond acceptors (Lipinski definition) is 5. The van der Waals surface area contributed by atoms with Crippen molar-refractivity contribution in [3.05, 3.63) is 88.5 Å². The van der Waals surface area contributed by atoms with E-state index < -0.39 is 5.91 Å². The molecule has 32 heavy (non-hydrogen) atoms. The quantitative estimate of drug-likeness (QED) is 0.454. The summed E-state index contributed by atoms with van der Waals surface area (Å²) < 4.78 is 8.18. The molecule has 2 heterocycles. The van der Waals surface area contributed by atoms with Crippen LogP contribution in [-0.4, -0.2) is 39.8 Å². The third kappa shape index (κ3) is 4.21. The Balaban J connectivity index is 1.76. The number of amides is 1. The van der Waals surface area contributed by atoms with E-state index in [1.807, 2.05) is 18.2 Å². The molecule has 4 rings (SSSR count). The normalized spacial score (nSPS) is 10.9. The number of methoxy groups -OCH3 is 1. The highest BCUT2D eigenvalue weighted by Gasteiger charge is 2.24. The van der Waals surface area contributed by atoms with E-state index in [-0.39, 0.29) is 16.9 Å². The first-order valence-corrected chi connectivity index (χ1v) is 10.1. The number of benzene rings is 2. The number of ketones is 1. The van der Waals surface area contributed by atoms with Gasteiger partial charge in [0.15, 0.2) is 5.78 Å². The van der Waals surface area contributed by atoms with Crippen LogP contribution in [0.1, 0.15) is 27.6 Å². The number of para-hydroxylation sites is 1. The summed E-state index contributed by atoms with van der Waals surface area (Å²) in [6, 6.07) is 15.7. The number of ether oxygens (including phenoxy) is 1. The van der Waals surface area contributed by atoms with Crippen LogP contribution >= 0.6 is 0 Å². The van der Waals surface area contributed by atoms with Crippen LogP contribution in [0, 0.1) is 0 Å². The zero-order valence-corrected chi connectivity index (χ0v) is 17.7. The fraction of sp³-hybridized carbons (Fsp3) is 0.167. The Morgan fingerprint density at radius 1 is 1.03 bits per heavy atom. The standard InChI is InChI=1S/C24H22N4O4/c1-16(29)17-8-10-18(11-9-17)25-23(30)20-14-27(12-13-32-2)15-21-22(20)26-28(24(21)31)19-6-4-3-5-7-19/h3-11,14-15H,12-13H2,1-2H3,(H,25,30). The van der Waals surface area contributed by atoms with E-state index in [2.05, 4.69) is 10.4 Å². The molecule has 0 bridgehead atoms. The molecular weight excluding hydrogens is 408 g/mol. The number of hydrogen-bond donors (Lipinski definition) is 1. The van der Waals surface area contributed by atoms with Crippen molar-refractivity contribution in [2.45, 2.75) is 13.5 Å². The Labute approximate surface area is 184 Å². The maximum Gasteiger partial charge on any atom is 0.282 e. The van der Waals surface area contributed by atoms with Gasteiger partial charge in [-0.3, -0.25) is 14.4 Å². The highest BCUT2D eigenvalue weighted by Crippen LogP contribution is 2.23. The molecule has 2 aliphatic heterocycles. The molecule has 1 N–H and O–H groups in total. The summed E-state index contributed by atoms with van der Waals surface area (Å²) in [4.78, 5) is 37.7. The number of Topliss-reactive ketones (excluding diaryl/α,β-unsaturated/α-hetero) is 1. The summed E-state index contributed by atoms with van der Waals surface area (Å²) in [5.74, 6) is -0.462. The molecule has 2 aromatic rings. The molecular formula is C24H22N4O4. The van der Waals surface area contributed by atoms with Gasteiger partial charge < -0.3 is 14.6 Å². The van der Waals surface area contributed by atoms with Gasteiger partial charge in [-0.2, -0.15) is 9.78 Å². The Morgan fingerprint density at radius 2 is 1.75 bits per heavy atom. The lowest BCUT2D eigenvalue weighted by Gasteiger charge is -2.13. The molecule has 0 unspecified atom stereocenters. The van der Waals surface area contributed by atoms with Crippen molar-refractivity contribution in [1.29, 1.82) is 0 Å². The molecule has 0 aromatic heterocycles. The number of fused-ring (bicyclic) bond motifs is 1. The van der Waals surface area contributed by atoms with E-state index in [0.717, 1.165) is 0 Å². The van der Waals surface area contributed by atoms with Crippen LogP contribution in [0.5, 0.6) is 0 Å². The lowest BCUT2D eigenvalue weighted by atomic mass is 10.1. The van der Waals surface area contributed by atoms with Gasteiger partial charge in [-0.05, 0) is 43.3 Å². The van der Waals surface area contributed by atoms with E-state index in [1.165, 1.54) is 11.6 Å². The minimum atomic E-state index is -0.407. The predicted octanol–water partition coefficient (Wildman–Crippen LogP) is 3.24. The lowest BCUT2D eigenvalue weighted by molar-refractivity contribution is 0.101. The largest absolute Gasteiger partial charge is 0.383 e. The highest BCUT2D eigenvalue weighted by atomic mass is 16.5. The number of rotatable bonds is 7. The average molecular weight is 430 g/mol. The summed E-state index contributed by atoms with van der Waals surface area (Å²) >= 11 is 0. The Hall–Kier alpha value is -4.04. The average Bonchev–Trinajstić information content (AvgIpc) is 3.14. The number of nitrogens with one attached hydrogen (secondary N) is 1. The molecule has 0 saturated carbocycles. The number of carbonyl (C=O) groups excluding carboxylic acids is 2. The van der Waals surface area contributed by atoms with Crippen molar-refractivity contribution in [1.82, 2.24) is 14.3 Å². The molecule has 0 saturated heterocycles. The first-order valence-electron chi connectivity index (χ1n) is 10.1. The summed E-state index contributed by atoms with van der Waals surface area (Å²) in [5, 5.41) is 7.28. The Kier molecular flexibility index (Phi) is 5.96. The number of nitrogens with zero attached hydrogens (tertiary/aromatic N) is 3. The van der Waals surface area contributed by atoms with Gasteiger partial charge in [0, 0.05) is 37.3 Å². The van der Waals surface area contributed by atoms with Gasteiger partial charge in [0.1, 0.15) is 5.69 Å². The molecule has 0 atom stereocenters. The Morgan fingerprint density at radius 3 is 2.41 bits per heavy atom. The molecule has 162 valence electrons. The summed E-state index contributed by atoms with van der Waals surface area (Å²) in [5.41, 5.74) is 2.31. The number of pyridine rings is 1. The van der Waals surface area contributed by atoms with Crippen LogP contribution in [-0.2, 0) is 11.3 Å². The van der Waals surface area contributed by atoms with Gasteiger partial charge in [0.25, 0.3) is 11.5 Å². The van der Waals surface area contributed by atoms with Gasteiger partial charge in [0.2, 0.25) is 0 Å². The molecule has 0 spiro atoms. The summed E-state index contributed by atoms with van der Waals surface area (Å²) in [6.07, 6.45) is 3.34. The lowest BCUT2D eigenvalue weighted by Crippen LogP contribution is -2.18. The molecule has 8 nitrogen and oxygen atoms in total. The van der Waals surface area contributed by atoms with E-state index >= 15 is 0 Å². The van der Waals surface area contributed by atoms with Crippen molar-refractivity contribution < 1.29 is 14.3 Å². The van der Waals surface area contributed by atoms with Crippen molar-refractivity contribution in [2.24, 2.45) is 0 Å². The highest BCUT2D eigenvalue weighted by molar-refractivity contribution is 6.08. The van der Waals surface area contributed by atoms with Crippen molar-refractivity contribution >= 4 is 17.4 Å². The number of aromatic nitrogens is 3. The van der Waals surface area contributed by atoms with Crippen LogP contribution in [0.2, 0.25) is 0 Å². The SMILES string of the molecule is COCCn1cc(C(=O)Nc2ccc(C(C)=O)cc2)c2nn(-c3ccccc3)c(=O)c-2c1. The van der Waals surface area contributed by atoms with Crippen LogP contribution in [0.3, 0.4) is 0 Å². The zero-order valence-electron chi connectivity index (χ0n) is 17.7. The second kappa shape index (κ2) is 8.99. The first-order chi connectivity index (χ1) is 15.5. The molecule has 0 fully saturated rings. The van der Waals surface area contributed by atoms with Crippen molar-refractivity contribution in [2.75, 3.05) is 19.0 Å². The van der Waals surface area contributed by atoms with Crippen molar-refractivity contribution in [3.63, 3.8) is 0 Å². The van der Waals surface area contributed by atoms with E-state index in [4.69, 9.17) is 4.74 Å². The van der Waals surface area contributed by atoms with Gasteiger partial charge >= 0.3 is 0 Å². The van der Waals surface area contributed by atoms with Gasteiger partial charge in [-0.1, -0.05) is 18.2 Å². The van der Waals surface area contributed by atoms with Gasteiger partial charge in [0.05, 0.1) is 23.4 Å².